The molecule has 8 nitrogen and oxygen atoms in total. The van der Waals surface area contributed by atoms with E-state index in [1.165, 1.54) is 12.1 Å². The molecule has 1 aromatic rings. The molecule has 1 aliphatic rings. The molecule has 0 aliphatic carbocycles. The van der Waals surface area contributed by atoms with Crippen LogP contribution in [0.1, 0.15) is 27.2 Å². The van der Waals surface area contributed by atoms with Crippen molar-refractivity contribution in [3.05, 3.63) is 33.3 Å². The van der Waals surface area contributed by atoms with Crippen molar-refractivity contribution in [2.45, 2.75) is 32.8 Å². The van der Waals surface area contributed by atoms with Crippen molar-refractivity contribution < 1.29 is 19.2 Å². The summed E-state index contributed by atoms with van der Waals surface area (Å²) in [6.07, 6.45) is 0.543. The summed E-state index contributed by atoms with van der Waals surface area (Å²) in [6, 6.07) is 4.34. The van der Waals surface area contributed by atoms with Crippen LogP contribution in [0, 0.1) is 10.1 Å². The third-order valence-electron chi connectivity index (χ3n) is 4.03. The van der Waals surface area contributed by atoms with E-state index in [2.05, 4.69) is 4.90 Å². The third-order valence-corrected chi connectivity index (χ3v) is 4.33. The zero-order chi connectivity index (χ0) is 20.0. The molecule has 2 rings (SSSR count). The first-order chi connectivity index (χ1) is 12.7. The summed E-state index contributed by atoms with van der Waals surface area (Å²) in [4.78, 5) is 26.3. The molecule has 27 heavy (non-hydrogen) atoms. The molecule has 1 aromatic carbocycles. The Kier molecular flexibility index (Phi) is 7.26. The van der Waals surface area contributed by atoms with Crippen molar-refractivity contribution in [3.63, 3.8) is 0 Å². The highest BCUT2D eigenvalue weighted by Gasteiger charge is 2.25. The minimum Gasteiger partial charge on any atom is -0.493 e. The smallest absolute Gasteiger partial charge is 0.410 e. The number of hydrogen-bond donors (Lipinski definition) is 0. The lowest BCUT2D eigenvalue weighted by Crippen LogP contribution is -2.50. The molecule has 0 spiro atoms. The molecule has 1 aliphatic heterocycles. The Hall–Kier alpha value is -2.06. The molecule has 0 aromatic heterocycles. The van der Waals surface area contributed by atoms with Gasteiger partial charge in [-0.1, -0.05) is 11.6 Å². The van der Waals surface area contributed by atoms with Crippen molar-refractivity contribution in [2.75, 3.05) is 39.3 Å². The van der Waals surface area contributed by atoms with Gasteiger partial charge in [-0.25, -0.2) is 4.79 Å². The molecule has 150 valence electrons. The van der Waals surface area contributed by atoms with E-state index in [0.717, 1.165) is 26.1 Å². The Morgan fingerprint density at radius 3 is 2.48 bits per heavy atom. The molecule has 0 saturated carbocycles. The molecule has 1 saturated heterocycles. The van der Waals surface area contributed by atoms with Crippen molar-refractivity contribution in [1.82, 2.24) is 9.80 Å². The Bertz CT molecular complexity index is 669. The maximum atomic E-state index is 12.0. The molecule has 9 heteroatoms. The van der Waals surface area contributed by atoms with Crippen LogP contribution in [-0.4, -0.2) is 65.7 Å². The largest absolute Gasteiger partial charge is 0.493 e. The van der Waals surface area contributed by atoms with Crippen LogP contribution >= 0.6 is 11.6 Å². The van der Waals surface area contributed by atoms with Gasteiger partial charge in [-0.2, -0.15) is 0 Å². The van der Waals surface area contributed by atoms with Gasteiger partial charge in [0.2, 0.25) is 0 Å². The number of amides is 1. The fraction of sp³-hybridized carbons (Fsp3) is 0.611. The Balaban J connectivity index is 1.67. The number of piperazine rings is 1. The van der Waals surface area contributed by atoms with Crippen LogP contribution in [-0.2, 0) is 4.74 Å². The van der Waals surface area contributed by atoms with Crippen LogP contribution in [0.15, 0.2) is 18.2 Å². The third kappa shape index (κ3) is 6.88. The van der Waals surface area contributed by atoms with Crippen LogP contribution in [0.4, 0.5) is 10.5 Å². The van der Waals surface area contributed by atoms with Crippen molar-refractivity contribution in [2.24, 2.45) is 0 Å². The molecular weight excluding hydrogens is 374 g/mol. The van der Waals surface area contributed by atoms with E-state index in [-0.39, 0.29) is 16.8 Å². The highest BCUT2D eigenvalue weighted by atomic mass is 35.5. The number of nitro groups is 1. The van der Waals surface area contributed by atoms with Crippen LogP contribution < -0.4 is 4.74 Å². The van der Waals surface area contributed by atoms with Gasteiger partial charge in [0.15, 0.2) is 0 Å². The molecule has 0 bridgehead atoms. The topological polar surface area (TPSA) is 85.2 Å². The van der Waals surface area contributed by atoms with Gasteiger partial charge in [0, 0.05) is 44.9 Å². The number of halogens is 1. The number of carbonyl (C=O) groups excluding carboxylic acids is 1. The molecule has 1 fully saturated rings. The van der Waals surface area contributed by atoms with E-state index < -0.39 is 10.5 Å². The highest BCUT2D eigenvalue weighted by Crippen LogP contribution is 2.28. The summed E-state index contributed by atoms with van der Waals surface area (Å²) >= 11 is 5.87. The first-order valence-electron chi connectivity index (χ1n) is 8.93. The predicted molar refractivity (Wildman–Crippen MR) is 102 cm³/mol. The zero-order valence-corrected chi connectivity index (χ0v) is 16.7. The maximum absolute atomic E-state index is 12.0. The van der Waals surface area contributed by atoms with Gasteiger partial charge in [-0.15, -0.1) is 0 Å². The van der Waals surface area contributed by atoms with Gasteiger partial charge in [-0.3, -0.25) is 15.0 Å². The van der Waals surface area contributed by atoms with Gasteiger partial charge in [0.1, 0.15) is 16.4 Å². The van der Waals surface area contributed by atoms with Crippen LogP contribution in [0.3, 0.4) is 0 Å². The first kappa shape index (κ1) is 21.2. The standard InChI is InChI=1S/C18H26ClN3O5/c1-18(2,3)27-17(23)21-10-8-20(9-11-21)7-4-12-26-14-5-6-16(22(24)25)15(19)13-14/h5-6,13H,4,7-12H2,1-3H3. The zero-order valence-electron chi connectivity index (χ0n) is 15.9. The summed E-state index contributed by atoms with van der Waals surface area (Å²) in [7, 11) is 0. The van der Waals surface area contributed by atoms with Crippen LogP contribution in [0.25, 0.3) is 0 Å². The number of ether oxygens (including phenoxy) is 2. The number of hydrogen-bond acceptors (Lipinski definition) is 6. The van der Waals surface area contributed by atoms with E-state index in [1.54, 1.807) is 11.0 Å². The lowest BCUT2D eigenvalue weighted by molar-refractivity contribution is -0.384. The Labute approximate surface area is 164 Å². The average molecular weight is 400 g/mol. The summed E-state index contributed by atoms with van der Waals surface area (Å²) in [5.74, 6) is 0.514. The fourth-order valence-corrected chi connectivity index (χ4v) is 2.92. The number of carbonyl (C=O) groups is 1. The highest BCUT2D eigenvalue weighted by molar-refractivity contribution is 6.32. The van der Waals surface area contributed by atoms with Crippen molar-refractivity contribution >= 4 is 23.4 Å². The Morgan fingerprint density at radius 2 is 1.93 bits per heavy atom. The first-order valence-corrected chi connectivity index (χ1v) is 9.30. The molecule has 0 unspecified atom stereocenters. The molecule has 1 amide bonds. The SMILES string of the molecule is CC(C)(C)OC(=O)N1CCN(CCCOc2ccc([N+](=O)[O-])c(Cl)c2)CC1. The normalized spacial score (nSPS) is 15.5. The van der Waals surface area contributed by atoms with Crippen LogP contribution in [0.5, 0.6) is 5.75 Å². The second kappa shape index (κ2) is 9.23. The Morgan fingerprint density at radius 1 is 1.26 bits per heavy atom. The predicted octanol–water partition coefficient (Wildman–Crippen LogP) is 3.57. The molecule has 0 N–H and O–H groups in total. The minimum absolute atomic E-state index is 0.0655. The summed E-state index contributed by atoms with van der Waals surface area (Å²) in [5, 5.41) is 10.8. The van der Waals surface area contributed by atoms with Gasteiger partial charge in [0.25, 0.3) is 5.69 Å². The molecular formula is C18H26ClN3O5. The monoisotopic (exact) mass is 399 g/mol. The number of nitro benzene ring substituents is 1. The minimum atomic E-state index is -0.525. The summed E-state index contributed by atoms with van der Waals surface area (Å²) in [5.41, 5.74) is -0.612. The molecule has 0 radical (unpaired) electrons. The van der Waals surface area contributed by atoms with Crippen molar-refractivity contribution in [3.8, 4) is 5.75 Å². The number of rotatable bonds is 6. The lowest BCUT2D eigenvalue weighted by Gasteiger charge is -2.35. The lowest BCUT2D eigenvalue weighted by atomic mass is 10.2. The summed E-state index contributed by atoms with van der Waals surface area (Å²) in [6.45, 7) is 9.80. The maximum Gasteiger partial charge on any atom is 0.410 e. The van der Waals surface area contributed by atoms with E-state index in [1.807, 2.05) is 20.8 Å². The second-order valence-corrected chi connectivity index (χ2v) is 7.79. The van der Waals surface area contributed by atoms with E-state index in [0.29, 0.717) is 25.4 Å². The van der Waals surface area contributed by atoms with Gasteiger partial charge < -0.3 is 14.4 Å². The van der Waals surface area contributed by atoms with Gasteiger partial charge in [-0.05, 0) is 33.3 Å². The van der Waals surface area contributed by atoms with E-state index >= 15 is 0 Å². The van der Waals surface area contributed by atoms with Gasteiger partial charge >= 0.3 is 6.09 Å². The van der Waals surface area contributed by atoms with Crippen LogP contribution in [0.2, 0.25) is 5.02 Å². The van der Waals surface area contributed by atoms with Gasteiger partial charge in [0.05, 0.1) is 11.5 Å². The van der Waals surface area contributed by atoms with Crippen molar-refractivity contribution in [1.29, 1.82) is 0 Å². The van der Waals surface area contributed by atoms with E-state index in [4.69, 9.17) is 21.1 Å². The quantitative estimate of drug-likeness (QED) is 0.413. The molecule has 0 atom stereocenters. The fourth-order valence-electron chi connectivity index (χ4n) is 2.68. The average Bonchev–Trinajstić information content (AvgIpc) is 2.57. The van der Waals surface area contributed by atoms with E-state index in [9.17, 15) is 14.9 Å². The number of benzene rings is 1. The number of nitrogens with zero attached hydrogens (tertiary/aromatic N) is 3. The molecule has 1 heterocycles. The second-order valence-electron chi connectivity index (χ2n) is 7.38. The summed E-state index contributed by atoms with van der Waals surface area (Å²) < 4.78 is 11.0.